The van der Waals surface area contributed by atoms with Gasteiger partial charge in [-0.05, 0) is 52.5 Å². The molecular formula is C25H32N4O3. The molecule has 1 atom stereocenters. The van der Waals surface area contributed by atoms with Crippen molar-refractivity contribution >= 4 is 17.6 Å². The third kappa shape index (κ3) is 4.13. The largest absolute Gasteiger partial charge is 0.369 e. The SMILES string of the molecule is COC(C)(C)C(=O)N1CCCC1c1nc(C)c2c(n1)N(Cc1ccc(C)cc1)C(=O)CC2. The summed E-state index contributed by atoms with van der Waals surface area (Å²) in [6.45, 7) is 8.72. The van der Waals surface area contributed by atoms with Crippen LogP contribution in [0.25, 0.3) is 0 Å². The number of aryl methyl sites for hydroxylation is 2. The minimum atomic E-state index is -0.903. The number of methoxy groups -OCH3 is 1. The van der Waals surface area contributed by atoms with E-state index < -0.39 is 5.60 Å². The standard InChI is InChI=1S/C25H32N4O3/c1-16-8-10-18(11-9-16)15-29-21(30)13-12-19-17(2)26-22(27-23(19)29)20-7-6-14-28(20)24(31)25(3,4)32-5/h8-11,20H,6-7,12-15H2,1-5H3. The van der Waals surface area contributed by atoms with Gasteiger partial charge in [0.2, 0.25) is 5.91 Å². The average molecular weight is 437 g/mol. The van der Waals surface area contributed by atoms with E-state index in [1.807, 2.05) is 18.7 Å². The van der Waals surface area contributed by atoms with Crippen molar-refractivity contribution in [3.63, 3.8) is 0 Å². The van der Waals surface area contributed by atoms with Gasteiger partial charge in [0.05, 0.1) is 12.6 Å². The molecule has 2 aromatic rings. The summed E-state index contributed by atoms with van der Waals surface area (Å²) in [5.41, 5.74) is 3.25. The quantitative estimate of drug-likeness (QED) is 0.715. The molecule has 2 aliphatic rings. The van der Waals surface area contributed by atoms with Crippen molar-refractivity contribution in [2.24, 2.45) is 0 Å². The number of hydrogen-bond acceptors (Lipinski definition) is 5. The van der Waals surface area contributed by atoms with Crippen LogP contribution < -0.4 is 4.90 Å². The van der Waals surface area contributed by atoms with Gasteiger partial charge in [0.25, 0.3) is 5.91 Å². The first-order valence-electron chi connectivity index (χ1n) is 11.3. The molecule has 0 bridgehead atoms. The second kappa shape index (κ2) is 8.62. The second-order valence-electron chi connectivity index (χ2n) is 9.31. The van der Waals surface area contributed by atoms with Gasteiger partial charge in [-0.25, -0.2) is 9.97 Å². The summed E-state index contributed by atoms with van der Waals surface area (Å²) >= 11 is 0. The number of hydrogen-bond donors (Lipinski definition) is 0. The van der Waals surface area contributed by atoms with Crippen LogP contribution in [0.3, 0.4) is 0 Å². The Labute approximate surface area is 189 Å². The van der Waals surface area contributed by atoms with Crippen molar-refractivity contribution in [2.45, 2.75) is 71.6 Å². The molecule has 0 N–H and O–H groups in total. The van der Waals surface area contributed by atoms with Crippen molar-refractivity contribution in [1.29, 1.82) is 0 Å². The molecule has 32 heavy (non-hydrogen) atoms. The summed E-state index contributed by atoms with van der Waals surface area (Å²) in [5, 5.41) is 0. The molecule has 1 fully saturated rings. The van der Waals surface area contributed by atoms with Crippen LogP contribution in [0, 0.1) is 13.8 Å². The lowest BCUT2D eigenvalue weighted by atomic mass is 10.0. The maximum atomic E-state index is 13.1. The summed E-state index contributed by atoms with van der Waals surface area (Å²) in [7, 11) is 1.55. The lowest BCUT2D eigenvalue weighted by molar-refractivity contribution is -0.152. The number of carbonyl (C=O) groups excluding carboxylic acids is 2. The Kier molecular flexibility index (Phi) is 6.03. The van der Waals surface area contributed by atoms with E-state index in [9.17, 15) is 9.59 Å². The molecule has 1 aromatic heterocycles. The van der Waals surface area contributed by atoms with E-state index in [1.165, 1.54) is 5.56 Å². The number of benzene rings is 1. The van der Waals surface area contributed by atoms with Crippen molar-refractivity contribution in [1.82, 2.24) is 14.9 Å². The van der Waals surface area contributed by atoms with Crippen LogP contribution in [0.5, 0.6) is 0 Å². The molecule has 7 heteroatoms. The first-order valence-corrected chi connectivity index (χ1v) is 11.3. The number of amides is 2. The molecule has 1 unspecified atom stereocenters. The number of ether oxygens (including phenoxy) is 1. The van der Waals surface area contributed by atoms with Crippen LogP contribution in [0.1, 0.15) is 67.4 Å². The van der Waals surface area contributed by atoms with Crippen LogP contribution >= 0.6 is 0 Å². The number of rotatable bonds is 5. The van der Waals surface area contributed by atoms with Crippen LogP contribution in [0.15, 0.2) is 24.3 Å². The summed E-state index contributed by atoms with van der Waals surface area (Å²) in [4.78, 5) is 39.3. The molecule has 3 heterocycles. The third-order valence-corrected chi connectivity index (χ3v) is 6.65. The van der Waals surface area contributed by atoms with Crippen molar-refractivity contribution in [3.05, 3.63) is 52.5 Å². The van der Waals surface area contributed by atoms with Gasteiger partial charge < -0.3 is 9.64 Å². The Balaban J connectivity index is 1.70. The minimum absolute atomic E-state index is 0.0611. The highest BCUT2D eigenvalue weighted by atomic mass is 16.5. The number of likely N-dealkylation sites (tertiary alicyclic amines) is 1. The van der Waals surface area contributed by atoms with E-state index >= 15 is 0 Å². The normalized spacial score (nSPS) is 18.8. The van der Waals surface area contributed by atoms with E-state index in [0.29, 0.717) is 37.6 Å². The van der Waals surface area contributed by atoms with E-state index in [4.69, 9.17) is 14.7 Å². The Morgan fingerprint density at radius 2 is 1.88 bits per heavy atom. The maximum absolute atomic E-state index is 13.1. The summed E-state index contributed by atoms with van der Waals surface area (Å²) in [6.07, 6.45) is 2.80. The molecule has 0 spiro atoms. The first kappa shape index (κ1) is 22.4. The minimum Gasteiger partial charge on any atom is -0.369 e. The number of nitrogens with zero attached hydrogens (tertiary/aromatic N) is 4. The van der Waals surface area contributed by atoms with Crippen LogP contribution in [0.2, 0.25) is 0 Å². The Morgan fingerprint density at radius 1 is 1.16 bits per heavy atom. The van der Waals surface area contributed by atoms with Crippen molar-refractivity contribution in [2.75, 3.05) is 18.6 Å². The Hall–Kier alpha value is -2.80. The molecule has 0 aliphatic carbocycles. The van der Waals surface area contributed by atoms with E-state index in [0.717, 1.165) is 29.7 Å². The van der Waals surface area contributed by atoms with Crippen molar-refractivity contribution < 1.29 is 14.3 Å². The zero-order valence-electron chi connectivity index (χ0n) is 19.6. The predicted octanol–water partition coefficient (Wildman–Crippen LogP) is 3.66. The van der Waals surface area contributed by atoms with E-state index in [-0.39, 0.29) is 17.9 Å². The zero-order chi connectivity index (χ0) is 23.0. The maximum Gasteiger partial charge on any atom is 0.254 e. The van der Waals surface area contributed by atoms with Gasteiger partial charge in [-0.15, -0.1) is 0 Å². The van der Waals surface area contributed by atoms with Crippen LogP contribution in [-0.4, -0.2) is 45.9 Å². The smallest absolute Gasteiger partial charge is 0.254 e. The molecule has 1 aromatic carbocycles. The predicted molar refractivity (Wildman–Crippen MR) is 122 cm³/mol. The van der Waals surface area contributed by atoms with Gasteiger partial charge in [-0.2, -0.15) is 0 Å². The first-order chi connectivity index (χ1) is 15.2. The number of carbonyl (C=O) groups is 2. The number of anilines is 1. The van der Waals surface area contributed by atoms with Gasteiger partial charge in [0.15, 0.2) is 5.82 Å². The highest BCUT2D eigenvalue weighted by molar-refractivity contribution is 5.95. The molecule has 7 nitrogen and oxygen atoms in total. The van der Waals surface area contributed by atoms with Crippen molar-refractivity contribution in [3.8, 4) is 0 Å². The Bertz CT molecular complexity index is 1030. The molecule has 2 amide bonds. The zero-order valence-corrected chi connectivity index (χ0v) is 19.6. The molecule has 170 valence electrons. The number of fused-ring (bicyclic) bond motifs is 1. The monoisotopic (exact) mass is 436 g/mol. The lowest BCUT2D eigenvalue weighted by Crippen LogP contribution is -2.46. The lowest BCUT2D eigenvalue weighted by Gasteiger charge is -2.33. The number of aromatic nitrogens is 2. The molecule has 0 radical (unpaired) electrons. The van der Waals surface area contributed by atoms with Gasteiger partial charge in [-0.1, -0.05) is 29.8 Å². The summed E-state index contributed by atoms with van der Waals surface area (Å²) in [5.74, 6) is 1.31. The molecule has 0 saturated carbocycles. The topological polar surface area (TPSA) is 75.6 Å². The fraction of sp³-hybridized carbons (Fsp3) is 0.520. The van der Waals surface area contributed by atoms with E-state index in [2.05, 4.69) is 24.3 Å². The average Bonchev–Trinajstić information content (AvgIpc) is 3.26. The summed E-state index contributed by atoms with van der Waals surface area (Å²) < 4.78 is 5.43. The second-order valence-corrected chi connectivity index (χ2v) is 9.31. The highest BCUT2D eigenvalue weighted by Gasteiger charge is 2.40. The van der Waals surface area contributed by atoms with Gasteiger partial charge in [0, 0.05) is 31.3 Å². The fourth-order valence-electron chi connectivity index (χ4n) is 4.50. The highest BCUT2D eigenvalue weighted by Crippen LogP contribution is 2.36. The fourth-order valence-corrected chi connectivity index (χ4v) is 4.50. The van der Waals surface area contributed by atoms with Gasteiger partial charge >= 0.3 is 0 Å². The Morgan fingerprint density at radius 3 is 2.56 bits per heavy atom. The van der Waals surface area contributed by atoms with Crippen LogP contribution in [-0.2, 0) is 27.3 Å². The molecule has 1 saturated heterocycles. The molecule has 2 aliphatic heterocycles. The summed E-state index contributed by atoms with van der Waals surface area (Å²) in [6, 6.07) is 8.01. The van der Waals surface area contributed by atoms with Gasteiger partial charge in [0.1, 0.15) is 11.4 Å². The molecule has 4 rings (SSSR count). The van der Waals surface area contributed by atoms with Gasteiger partial charge in [-0.3, -0.25) is 14.5 Å². The molecular weight excluding hydrogens is 404 g/mol. The third-order valence-electron chi connectivity index (χ3n) is 6.65. The van der Waals surface area contributed by atoms with Crippen LogP contribution in [0.4, 0.5) is 5.82 Å². The van der Waals surface area contributed by atoms with E-state index in [1.54, 1.807) is 25.9 Å².